The molecule has 0 spiro atoms. The molecule has 0 radical (unpaired) electrons. The second kappa shape index (κ2) is 10.6. The summed E-state index contributed by atoms with van der Waals surface area (Å²) in [7, 11) is 0. The van der Waals surface area contributed by atoms with Gasteiger partial charge in [-0.15, -0.1) is 0 Å². The molecule has 37 heavy (non-hydrogen) atoms. The zero-order valence-corrected chi connectivity index (χ0v) is 25.8. The molecule has 0 N–H and O–H groups in total. The number of hydrogen-bond donors (Lipinski definition) is 0. The maximum atomic E-state index is 2.57. The van der Waals surface area contributed by atoms with Crippen molar-refractivity contribution in [2.45, 2.75) is 82.3 Å². The molecule has 4 bridgehead atoms. The van der Waals surface area contributed by atoms with Crippen molar-refractivity contribution in [3.05, 3.63) is 80.8 Å². The van der Waals surface area contributed by atoms with Crippen molar-refractivity contribution in [1.82, 2.24) is 0 Å². The van der Waals surface area contributed by atoms with Gasteiger partial charge < -0.3 is 24.8 Å². The smallest absolute Gasteiger partial charge is 1.00 e. The summed E-state index contributed by atoms with van der Waals surface area (Å²) in [6.07, 6.45) is 16.2. The Morgan fingerprint density at radius 3 is 1.65 bits per heavy atom. The molecule has 3 heteroatoms. The summed E-state index contributed by atoms with van der Waals surface area (Å²) < 4.78 is 4.65. The van der Waals surface area contributed by atoms with Crippen molar-refractivity contribution in [3.8, 4) is 11.1 Å². The van der Waals surface area contributed by atoms with E-state index in [2.05, 4.69) is 86.1 Å². The van der Waals surface area contributed by atoms with E-state index in [4.69, 9.17) is 0 Å². The van der Waals surface area contributed by atoms with Crippen LogP contribution in [0.2, 0.25) is 0 Å². The van der Waals surface area contributed by atoms with Gasteiger partial charge in [-0.1, -0.05) is 0 Å². The van der Waals surface area contributed by atoms with E-state index >= 15 is 0 Å². The van der Waals surface area contributed by atoms with Crippen LogP contribution in [0.15, 0.2) is 58.5 Å². The molecule has 4 fully saturated rings. The van der Waals surface area contributed by atoms with E-state index in [9.17, 15) is 0 Å². The van der Waals surface area contributed by atoms with Crippen LogP contribution in [-0.4, -0.2) is 3.81 Å². The van der Waals surface area contributed by atoms with Crippen LogP contribution in [0.5, 0.6) is 0 Å². The molecule has 0 aromatic heterocycles. The fourth-order valence-corrected chi connectivity index (χ4v) is 15.1. The Balaban J connectivity index is 0.00000140. The van der Waals surface area contributed by atoms with Crippen molar-refractivity contribution >= 4 is 3.81 Å². The van der Waals surface area contributed by atoms with Crippen molar-refractivity contribution < 1.29 is 42.2 Å². The van der Waals surface area contributed by atoms with Gasteiger partial charge >= 0.3 is 219 Å². The molecule has 0 amide bonds. The van der Waals surface area contributed by atoms with Crippen molar-refractivity contribution in [2.75, 3.05) is 0 Å². The number of allylic oxidation sites excluding steroid dienone is 4. The molecule has 2 aromatic carbocycles. The van der Waals surface area contributed by atoms with E-state index in [1.165, 1.54) is 43.2 Å². The van der Waals surface area contributed by atoms with Gasteiger partial charge in [-0.25, -0.2) is 0 Å². The maximum Gasteiger partial charge on any atom is -1.00 e. The van der Waals surface area contributed by atoms with Gasteiger partial charge in [0.1, 0.15) is 0 Å². The van der Waals surface area contributed by atoms with Gasteiger partial charge in [0.25, 0.3) is 0 Å². The minimum Gasteiger partial charge on any atom is -1.00 e. The minimum atomic E-state index is -1.73. The molecule has 8 rings (SSSR count). The standard InChI is InChI=1S/C19H21.C10H14.C5H5.2ClH.Ti/c1-12(2)14-5-7-16-9-17-8-6-15(13(3)4)11-19(17)18(16)10-14;1-7-2-9-4-8(1)5-10(3-7)6-9;1-2-4-5-3-1;;;/h5-13H,1-4H3;7-10H,1-5H2;1-3H,4H2;2*1H;/q;;;;;+2/p-2. The average molecular weight is 567 g/mol. The second-order valence-corrected chi connectivity index (χ2v) is 17.0. The van der Waals surface area contributed by atoms with E-state index in [1.54, 1.807) is 28.7 Å². The molecule has 0 atom stereocenters. The third-order valence-electron chi connectivity index (χ3n) is 10.1. The first kappa shape index (κ1) is 27.6. The predicted octanol–water partition coefficient (Wildman–Crippen LogP) is 3.10. The first-order valence-electron chi connectivity index (χ1n) is 14.4. The SMILES string of the molecule is CC(C)c1ccc2c(c1)-c1cc(C(C)C)ccc1[CH]2[Ti+2]([C]1=CC=CC1)=[C]1C2CC3CC(C2)CC1C3.[Cl-].[Cl-]. The monoisotopic (exact) mass is 566 g/mol. The third kappa shape index (κ3) is 4.53. The van der Waals surface area contributed by atoms with Gasteiger partial charge in [0.05, 0.1) is 0 Å². The largest absolute Gasteiger partial charge is 1.00 e. The molecule has 0 aliphatic heterocycles. The number of rotatable bonds is 4. The summed E-state index contributed by atoms with van der Waals surface area (Å²) in [5, 5.41) is 0. The van der Waals surface area contributed by atoms with Crippen LogP contribution in [0.1, 0.15) is 105 Å². The molecule has 0 saturated heterocycles. The van der Waals surface area contributed by atoms with Crippen LogP contribution in [0.25, 0.3) is 11.1 Å². The molecule has 2 aromatic rings. The summed E-state index contributed by atoms with van der Waals surface area (Å²) in [6, 6.07) is 15.2. The van der Waals surface area contributed by atoms with Crippen LogP contribution in [0.4, 0.5) is 0 Å². The molecule has 4 saturated carbocycles. The quantitative estimate of drug-likeness (QED) is 0.499. The van der Waals surface area contributed by atoms with Crippen LogP contribution >= 0.6 is 0 Å². The third-order valence-corrected chi connectivity index (χ3v) is 15.9. The number of benzene rings is 2. The van der Waals surface area contributed by atoms with E-state index in [0.717, 1.165) is 23.7 Å². The Morgan fingerprint density at radius 2 is 1.22 bits per heavy atom. The van der Waals surface area contributed by atoms with Crippen LogP contribution in [0.3, 0.4) is 0 Å². The zero-order chi connectivity index (χ0) is 23.8. The molecular weight excluding hydrogens is 527 g/mol. The maximum absolute atomic E-state index is 2.57. The number of halogens is 2. The van der Waals surface area contributed by atoms with E-state index in [1.807, 2.05) is 3.88 Å². The fraction of sp³-hybridized carbons (Fsp3) is 0.500. The summed E-state index contributed by atoms with van der Waals surface area (Å²) in [5.74, 6) is 5.13. The van der Waals surface area contributed by atoms with Crippen molar-refractivity contribution in [3.63, 3.8) is 0 Å². The summed E-state index contributed by atoms with van der Waals surface area (Å²) >= 11 is -1.73. The van der Waals surface area contributed by atoms with Crippen LogP contribution in [0, 0.1) is 23.7 Å². The summed E-state index contributed by atoms with van der Waals surface area (Å²) in [6.45, 7) is 9.38. The molecular formula is C34H40Cl2Ti. The average Bonchev–Trinajstić information content (AvgIpc) is 3.47. The summed E-state index contributed by atoms with van der Waals surface area (Å²) in [5.41, 5.74) is 9.48. The fourth-order valence-electron chi connectivity index (χ4n) is 8.63. The van der Waals surface area contributed by atoms with Gasteiger partial charge in [0.2, 0.25) is 0 Å². The molecule has 0 nitrogen and oxygen atoms in total. The second-order valence-electron chi connectivity index (χ2n) is 12.9. The molecule has 0 unspecified atom stereocenters. The normalized spacial score (nSPS) is 26.5. The topological polar surface area (TPSA) is 0 Å². The van der Waals surface area contributed by atoms with Crippen LogP contribution < -0.4 is 24.8 Å². The molecule has 6 aliphatic rings. The number of fused-ring (bicyclic) bond motifs is 3. The molecule has 0 heterocycles. The predicted molar refractivity (Wildman–Crippen MR) is 146 cm³/mol. The van der Waals surface area contributed by atoms with Gasteiger partial charge in [-0.2, -0.15) is 0 Å². The first-order chi connectivity index (χ1) is 17.0. The first-order valence-corrected chi connectivity index (χ1v) is 16.8. The van der Waals surface area contributed by atoms with Crippen molar-refractivity contribution in [2.24, 2.45) is 23.7 Å². The molecule has 194 valence electrons. The molecule has 6 aliphatic carbocycles. The number of hydrogen-bond acceptors (Lipinski definition) is 0. The van der Waals surface area contributed by atoms with Crippen LogP contribution in [-0.2, 0) is 17.4 Å². The van der Waals surface area contributed by atoms with Gasteiger partial charge in [-0.3, -0.25) is 0 Å². The summed E-state index contributed by atoms with van der Waals surface area (Å²) in [4.78, 5) is 0. The van der Waals surface area contributed by atoms with E-state index in [0.29, 0.717) is 16.1 Å². The Labute approximate surface area is 242 Å². The van der Waals surface area contributed by atoms with Gasteiger partial charge in [-0.05, 0) is 0 Å². The van der Waals surface area contributed by atoms with E-state index in [-0.39, 0.29) is 24.8 Å². The Bertz CT molecular complexity index is 1210. The minimum absolute atomic E-state index is 0. The van der Waals surface area contributed by atoms with Crippen molar-refractivity contribution in [1.29, 1.82) is 0 Å². The Hall–Kier alpha value is -0.916. The Kier molecular flexibility index (Phi) is 7.90. The van der Waals surface area contributed by atoms with Gasteiger partial charge in [0, 0.05) is 0 Å². The zero-order valence-electron chi connectivity index (χ0n) is 22.7. The van der Waals surface area contributed by atoms with Gasteiger partial charge in [0.15, 0.2) is 0 Å². The van der Waals surface area contributed by atoms with E-state index < -0.39 is 17.4 Å². The Morgan fingerprint density at radius 1 is 0.703 bits per heavy atom.